The molecule has 1 aromatic carbocycles. The average Bonchev–Trinajstić information content (AvgIpc) is 2.17. The van der Waals surface area contributed by atoms with Gasteiger partial charge in [-0.2, -0.15) is 0 Å². The molecule has 5 N–H and O–H groups in total. The minimum atomic E-state index is -0.953. The van der Waals surface area contributed by atoms with Crippen LogP contribution in [-0.4, -0.2) is 17.6 Å². The topological polar surface area (TPSA) is 89.3 Å². The third kappa shape index (κ3) is 2.27. The summed E-state index contributed by atoms with van der Waals surface area (Å²) >= 11 is 0. The van der Waals surface area contributed by atoms with Gasteiger partial charge in [0, 0.05) is 12.6 Å². The Balaban J connectivity index is 2.98. The van der Waals surface area contributed by atoms with E-state index in [0.29, 0.717) is 6.54 Å². The zero-order valence-electron chi connectivity index (χ0n) is 7.10. The molecule has 0 amide bonds. The van der Waals surface area contributed by atoms with Crippen molar-refractivity contribution in [2.75, 3.05) is 6.54 Å². The predicted molar refractivity (Wildman–Crippen MR) is 49.4 cm³/mol. The Morgan fingerprint density at radius 2 is 2.23 bits per heavy atom. The molecule has 0 fully saturated rings. The first-order valence-electron chi connectivity index (χ1n) is 3.94. The molecule has 1 atom stereocenters. The molecule has 4 nitrogen and oxygen atoms in total. The Kier molecular flexibility index (Phi) is 3.00. The molecule has 0 saturated heterocycles. The van der Waals surface area contributed by atoms with Crippen LogP contribution in [0.25, 0.3) is 0 Å². The van der Waals surface area contributed by atoms with Gasteiger partial charge in [-0.25, -0.2) is 4.79 Å². The fraction of sp³-hybridized carbons (Fsp3) is 0.222. The van der Waals surface area contributed by atoms with E-state index in [1.165, 1.54) is 6.07 Å². The maximum absolute atomic E-state index is 10.6. The first kappa shape index (κ1) is 9.70. The SMILES string of the molecule is NC[C@H](N)c1cccc(C(=O)O)c1. The molecule has 0 saturated carbocycles. The molecule has 0 heterocycles. The smallest absolute Gasteiger partial charge is 0.335 e. The lowest BCUT2D eigenvalue weighted by molar-refractivity contribution is 0.0697. The van der Waals surface area contributed by atoms with E-state index in [9.17, 15) is 4.79 Å². The maximum Gasteiger partial charge on any atom is 0.335 e. The maximum atomic E-state index is 10.6. The predicted octanol–water partition coefficient (Wildman–Crippen LogP) is 0.343. The van der Waals surface area contributed by atoms with Gasteiger partial charge >= 0.3 is 5.97 Å². The molecule has 0 unspecified atom stereocenters. The molecule has 0 aliphatic heterocycles. The van der Waals surface area contributed by atoms with Crippen LogP contribution >= 0.6 is 0 Å². The Bertz CT molecular complexity index is 312. The van der Waals surface area contributed by atoms with Crippen molar-refractivity contribution in [3.05, 3.63) is 35.4 Å². The monoisotopic (exact) mass is 180 g/mol. The van der Waals surface area contributed by atoms with Gasteiger partial charge < -0.3 is 16.6 Å². The largest absolute Gasteiger partial charge is 0.478 e. The van der Waals surface area contributed by atoms with Crippen molar-refractivity contribution in [3.8, 4) is 0 Å². The number of carboxylic acid groups (broad SMARTS) is 1. The Labute approximate surface area is 76.2 Å². The second kappa shape index (κ2) is 4.02. The van der Waals surface area contributed by atoms with Crippen molar-refractivity contribution in [3.63, 3.8) is 0 Å². The van der Waals surface area contributed by atoms with E-state index in [1.54, 1.807) is 18.2 Å². The highest BCUT2D eigenvalue weighted by molar-refractivity contribution is 5.87. The fourth-order valence-electron chi connectivity index (χ4n) is 1.04. The second-order valence-electron chi connectivity index (χ2n) is 2.77. The highest BCUT2D eigenvalue weighted by Crippen LogP contribution is 2.11. The van der Waals surface area contributed by atoms with Crippen LogP contribution in [-0.2, 0) is 0 Å². The van der Waals surface area contributed by atoms with Crippen molar-refractivity contribution in [1.82, 2.24) is 0 Å². The Morgan fingerprint density at radius 1 is 1.54 bits per heavy atom. The van der Waals surface area contributed by atoms with E-state index in [2.05, 4.69) is 0 Å². The van der Waals surface area contributed by atoms with Gasteiger partial charge in [-0.05, 0) is 17.7 Å². The van der Waals surface area contributed by atoms with Crippen LogP contribution in [0.4, 0.5) is 0 Å². The number of rotatable bonds is 3. The van der Waals surface area contributed by atoms with E-state index in [-0.39, 0.29) is 11.6 Å². The summed E-state index contributed by atoms with van der Waals surface area (Å²) in [5.41, 5.74) is 12.0. The highest BCUT2D eigenvalue weighted by atomic mass is 16.4. The van der Waals surface area contributed by atoms with Crippen molar-refractivity contribution in [2.45, 2.75) is 6.04 Å². The van der Waals surface area contributed by atoms with Crippen molar-refractivity contribution < 1.29 is 9.90 Å². The summed E-state index contributed by atoms with van der Waals surface area (Å²) in [6.45, 7) is 0.309. The quantitative estimate of drug-likeness (QED) is 0.625. The molecular formula is C9H12N2O2. The summed E-state index contributed by atoms with van der Waals surface area (Å²) in [4.78, 5) is 10.6. The van der Waals surface area contributed by atoms with Crippen molar-refractivity contribution in [1.29, 1.82) is 0 Å². The second-order valence-corrected chi connectivity index (χ2v) is 2.77. The summed E-state index contributed by atoms with van der Waals surface area (Å²) in [5, 5.41) is 8.69. The summed E-state index contributed by atoms with van der Waals surface area (Å²) in [6.07, 6.45) is 0. The third-order valence-electron chi connectivity index (χ3n) is 1.82. The molecule has 1 aromatic rings. The van der Waals surface area contributed by atoms with Crippen LogP contribution in [0.15, 0.2) is 24.3 Å². The van der Waals surface area contributed by atoms with Gasteiger partial charge in [0.25, 0.3) is 0 Å². The van der Waals surface area contributed by atoms with Crippen molar-refractivity contribution in [2.24, 2.45) is 11.5 Å². The summed E-state index contributed by atoms with van der Waals surface area (Å²) in [6, 6.07) is 6.20. The zero-order chi connectivity index (χ0) is 9.84. The van der Waals surface area contributed by atoms with E-state index in [4.69, 9.17) is 16.6 Å². The van der Waals surface area contributed by atoms with E-state index in [1.807, 2.05) is 0 Å². The first-order valence-corrected chi connectivity index (χ1v) is 3.94. The minimum absolute atomic E-state index is 0.237. The zero-order valence-corrected chi connectivity index (χ0v) is 7.10. The average molecular weight is 180 g/mol. The number of aromatic carboxylic acids is 1. The number of carboxylic acids is 1. The third-order valence-corrected chi connectivity index (χ3v) is 1.82. The molecule has 13 heavy (non-hydrogen) atoms. The number of hydrogen-bond donors (Lipinski definition) is 3. The summed E-state index contributed by atoms with van der Waals surface area (Å²) < 4.78 is 0. The molecule has 0 aliphatic carbocycles. The van der Waals surface area contributed by atoms with Crippen LogP contribution in [0.5, 0.6) is 0 Å². The van der Waals surface area contributed by atoms with Crippen LogP contribution in [0.1, 0.15) is 22.0 Å². The van der Waals surface area contributed by atoms with Crippen LogP contribution in [0.3, 0.4) is 0 Å². The lowest BCUT2D eigenvalue weighted by atomic mass is 10.0. The lowest BCUT2D eigenvalue weighted by Crippen LogP contribution is -2.20. The van der Waals surface area contributed by atoms with Crippen molar-refractivity contribution >= 4 is 5.97 Å². The van der Waals surface area contributed by atoms with Gasteiger partial charge in [-0.1, -0.05) is 12.1 Å². The number of benzene rings is 1. The Morgan fingerprint density at radius 3 is 2.77 bits per heavy atom. The minimum Gasteiger partial charge on any atom is -0.478 e. The van der Waals surface area contributed by atoms with Crippen LogP contribution in [0, 0.1) is 0 Å². The fourth-order valence-corrected chi connectivity index (χ4v) is 1.04. The normalized spacial score (nSPS) is 12.5. The molecule has 1 rings (SSSR count). The Hall–Kier alpha value is -1.39. The molecule has 70 valence electrons. The molecule has 0 radical (unpaired) electrons. The van der Waals surface area contributed by atoms with Crippen LogP contribution < -0.4 is 11.5 Å². The molecular weight excluding hydrogens is 168 g/mol. The molecule has 0 spiro atoms. The van der Waals surface area contributed by atoms with Gasteiger partial charge in [0.2, 0.25) is 0 Å². The number of hydrogen-bond acceptors (Lipinski definition) is 3. The first-order chi connectivity index (χ1) is 6.15. The van der Waals surface area contributed by atoms with E-state index in [0.717, 1.165) is 5.56 Å². The lowest BCUT2D eigenvalue weighted by Gasteiger charge is -2.08. The van der Waals surface area contributed by atoms with Crippen LogP contribution in [0.2, 0.25) is 0 Å². The van der Waals surface area contributed by atoms with Gasteiger partial charge in [0.15, 0.2) is 0 Å². The van der Waals surface area contributed by atoms with Gasteiger partial charge in [0.1, 0.15) is 0 Å². The van der Waals surface area contributed by atoms with Gasteiger partial charge in [-0.3, -0.25) is 0 Å². The molecule has 0 aliphatic rings. The van der Waals surface area contributed by atoms with E-state index < -0.39 is 5.97 Å². The summed E-state index contributed by atoms with van der Waals surface area (Å²) in [5.74, 6) is -0.953. The van der Waals surface area contributed by atoms with E-state index >= 15 is 0 Å². The number of carbonyl (C=O) groups is 1. The molecule has 0 bridgehead atoms. The highest BCUT2D eigenvalue weighted by Gasteiger charge is 2.07. The summed E-state index contributed by atoms with van der Waals surface area (Å²) in [7, 11) is 0. The van der Waals surface area contributed by atoms with Gasteiger partial charge in [-0.15, -0.1) is 0 Å². The standard InChI is InChI=1S/C9H12N2O2/c10-5-8(11)6-2-1-3-7(4-6)9(12)13/h1-4,8H,5,10-11H2,(H,12,13)/t8-/m0/s1. The molecule has 0 aromatic heterocycles. The number of nitrogens with two attached hydrogens (primary N) is 2. The molecule has 4 heteroatoms. The van der Waals surface area contributed by atoms with Gasteiger partial charge in [0.05, 0.1) is 5.56 Å².